The Balaban J connectivity index is 0.00000420. The van der Waals surface area contributed by atoms with Crippen molar-refractivity contribution in [1.82, 2.24) is 15.6 Å². The first-order chi connectivity index (χ1) is 13.3. The number of pyridine rings is 1. The Bertz CT molecular complexity index is 847. The number of benzene rings is 1. The maximum atomic E-state index is 12.0. The molecule has 0 aliphatic rings. The lowest BCUT2D eigenvalue weighted by Gasteiger charge is -2.15. The average Bonchev–Trinajstić information content (AvgIpc) is 2.67. The molecule has 0 saturated heterocycles. The predicted octanol–water partition coefficient (Wildman–Crippen LogP) is 3.05. The number of aromatic nitrogens is 1. The van der Waals surface area contributed by atoms with Crippen LogP contribution < -0.4 is 21.1 Å². The molecular weight excluding hydrogens is 427 g/mol. The number of halogens is 2. The molecule has 0 bridgehead atoms. The van der Waals surface area contributed by atoms with Crippen molar-refractivity contribution in [3.8, 4) is 11.6 Å². The van der Waals surface area contributed by atoms with E-state index < -0.39 is 6.04 Å². The second kappa shape index (κ2) is 13.1. The number of amides is 2. The summed E-state index contributed by atoms with van der Waals surface area (Å²) in [5.41, 5.74) is 8.78. The number of nitrogens with one attached hydrogen (secondary N) is 2. The van der Waals surface area contributed by atoms with Crippen LogP contribution in [-0.4, -0.2) is 29.4 Å². The van der Waals surface area contributed by atoms with Gasteiger partial charge in [0, 0.05) is 18.8 Å². The van der Waals surface area contributed by atoms with Crippen LogP contribution in [0.1, 0.15) is 30.5 Å². The summed E-state index contributed by atoms with van der Waals surface area (Å²) in [6.45, 7) is 7.91. The second-order valence-electron chi connectivity index (χ2n) is 7.07. The van der Waals surface area contributed by atoms with Crippen LogP contribution in [0.3, 0.4) is 0 Å². The monoisotopic (exact) mass is 456 g/mol. The van der Waals surface area contributed by atoms with Crippen molar-refractivity contribution in [2.24, 2.45) is 11.7 Å². The SMILES string of the molecule is Cc1cccc(Oc2cc(CNC(=O)CNC(=O)[C@@H](N)C(C)C)ccn2)c1C.Cl.Cl. The van der Waals surface area contributed by atoms with Crippen molar-refractivity contribution in [2.45, 2.75) is 40.3 Å². The molecule has 0 saturated carbocycles. The standard InChI is InChI=1S/C21H28N4O3.2ClH/c1-13(2)20(22)21(27)25-12-18(26)24-11-16-8-9-23-19(10-16)28-17-7-5-6-14(3)15(17)4;;/h5-10,13,20H,11-12,22H2,1-4H3,(H,24,26)(H,25,27);2*1H/t20-;;/m0../s1. The van der Waals surface area contributed by atoms with Crippen LogP contribution >= 0.6 is 24.8 Å². The number of carbonyl (C=O) groups excluding carboxylic acids is 2. The van der Waals surface area contributed by atoms with Gasteiger partial charge < -0.3 is 21.1 Å². The van der Waals surface area contributed by atoms with Gasteiger partial charge in [0.1, 0.15) is 5.75 Å². The minimum absolute atomic E-state index is 0. The molecular formula is C21H30Cl2N4O3. The van der Waals surface area contributed by atoms with Crippen molar-refractivity contribution < 1.29 is 14.3 Å². The van der Waals surface area contributed by atoms with E-state index in [0.29, 0.717) is 12.4 Å². The van der Waals surface area contributed by atoms with E-state index in [1.807, 2.05) is 45.9 Å². The van der Waals surface area contributed by atoms with Gasteiger partial charge >= 0.3 is 0 Å². The third-order valence-corrected chi connectivity index (χ3v) is 4.50. The first kappa shape index (κ1) is 27.6. The largest absolute Gasteiger partial charge is 0.439 e. The lowest BCUT2D eigenvalue weighted by atomic mass is 10.1. The maximum Gasteiger partial charge on any atom is 0.239 e. The summed E-state index contributed by atoms with van der Waals surface area (Å²) in [5.74, 6) is 0.585. The van der Waals surface area contributed by atoms with E-state index in [4.69, 9.17) is 10.5 Å². The first-order valence-electron chi connectivity index (χ1n) is 9.27. The van der Waals surface area contributed by atoms with Crippen molar-refractivity contribution >= 4 is 36.6 Å². The van der Waals surface area contributed by atoms with Gasteiger partial charge in [0.25, 0.3) is 0 Å². The molecule has 2 aromatic rings. The second-order valence-corrected chi connectivity index (χ2v) is 7.07. The molecule has 1 aromatic carbocycles. The topological polar surface area (TPSA) is 106 Å². The van der Waals surface area contributed by atoms with E-state index in [9.17, 15) is 9.59 Å². The third kappa shape index (κ3) is 8.18. The molecule has 30 heavy (non-hydrogen) atoms. The molecule has 1 atom stereocenters. The number of hydrogen-bond acceptors (Lipinski definition) is 5. The third-order valence-electron chi connectivity index (χ3n) is 4.50. The fourth-order valence-electron chi connectivity index (χ4n) is 2.41. The Hall–Kier alpha value is -2.35. The van der Waals surface area contributed by atoms with Crippen molar-refractivity contribution in [1.29, 1.82) is 0 Å². The highest BCUT2D eigenvalue weighted by molar-refractivity contribution is 5.87. The van der Waals surface area contributed by atoms with E-state index in [-0.39, 0.29) is 49.1 Å². The molecule has 0 aliphatic carbocycles. The van der Waals surface area contributed by atoms with Crippen molar-refractivity contribution in [2.75, 3.05) is 6.54 Å². The number of nitrogens with zero attached hydrogens (tertiary/aromatic N) is 1. The Morgan fingerprint density at radius 3 is 2.50 bits per heavy atom. The lowest BCUT2D eigenvalue weighted by molar-refractivity contribution is -0.127. The smallest absolute Gasteiger partial charge is 0.239 e. The molecule has 0 aliphatic heterocycles. The van der Waals surface area contributed by atoms with Gasteiger partial charge in [0.2, 0.25) is 17.7 Å². The maximum absolute atomic E-state index is 12.0. The summed E-state index contributed by atoms with van der Waals surface area (Å²) in [6, 6.07) is 8.79. The summed E-state index contributed by atoms with van der Waals surface area (Å²) in [6.07, 6.45) is 1.63. The molecule has 7 nitrogen and oxygen atoms in total. The normalized spacial score (nSPS) is 11.0. The number of aryl methyl sites for hydroxylation is 1. The van der Waals surface area contributed by atoms with Crippen LogP contribution in [0.5, 0.6) is 11.6 Å². The minimum atomic E-state index is -0.627. The van der Waals surface area contributed by atoms with Crippen LogP contribution in [0.25, 0.3) is 0 Å². The molecule has 2 amide bonds. The summed E-state index contributed by atoms with van der Waals surface area (Å²) in [7, 11) is 0. The van der Waals surface area contributed by atoms with Gasteiger partial charge in [-0.15, -0.1) is 24.8 Å². The molecule has 1 aromatic heterocycles. The van der Waals surface area contributed by atoms with Gasteiger partial charge in [0.15, 0.2) is 0 Å². The summed E-state index contributed by atoms with van der Waals surface area (Å²) in [4.78, 5) is 28.0. The van der Waals surface area contributed by atoms with Gasteiger partial charge in [-0.25, -0.2) is 4.98 Å². The van der Waals surface area contributed by atoms with Crippen molar-refractivity contribution in [3.05, 3.63) is 53.2 Å². The fourth-order valence-corrected chi connectivity index (χ4v) is 2.41. The Kier molecular flexibility index (Phi) is 12.0. The van der Waals surface area contributed by atoms with Crippen LogP contribution in [0, 0.1) is 19.8 Å². The van der Waals surface area contributed by atoms with E-state index in [0.717, 1.165) is 22.4 Å². The number of carbonyl (C=O) groups is 2. The highest BCUT2D eigenvalue weighted by atomic mass is 35.5. The highest BCUT2D eigenvalue weighted by Gasteiger charge is 2.17. The summed E-state index contributed by atoms with van der Waals surface area (Å²) in [5, 5.41) is 5.30. The van der Waals surface area contributed by atoms with Gasteiger partial charge in [-0.2, -0.15) is 0 Å². The van der Waals surface area contributed by atoms with Crippen molar-refractivity contribution in [3.63, 3.8) is 0 Å². The molecule has 0 fully saturated rings. The highest BCUT2D eigenvalue weighted by Crippen LogP contribution is 2.25. The first-order valence-corrected chi connectivity index (χ1v) is 9.27. The molecule has 0 unspecified atom stereocenters. The van der Waals surface area contributed by atoms with Gasteiger partial charge in [-0.05, 0) is 48.6 Å². The Morgan fingerprint density at radius 2 is 1.83 bits per heavy atom. The molecule has 4 N–H and O–H groups in total. The summed E-state index contributed by atoms with van der Waals surface area (Å²) < 4.78 is 5.87. The Labute approximate surface area is 190 Å². The molecule has 1 heterocycles. The van der Waals surface area contributed by atoms with Crippen LogP contribution in [0.15, 0.2) is 36.5 Å². The molecule has 166 valence electrons. The fraction of sp³-hybridized carbons (Fsp3) is 0.381. The number of rotatable bonds is 8. The van der Waals surface area contributed by atoms with Crippen LogP contribution in [-0.2, 0) is 16.1 Å². The van der Waals surface area contributed by atoms with Gasteiger partial charge in [0.05, 0.1) is 12.6 Å². The van der Waals surface area contributed by atoms with Crippen LogP contribution in [0.4, 0.5) is 0 Å². The molecule has 0 radical (unpaired) electrons. The quantitative estimate of drug-likeness (QED) is 0.565. The van der Waals surface area contributed by atoms with E-state index in [1.165, 1.54) is 0 Å². The minimum Gasteiger partial charge on any atom is -0.439 e. The van der Waals surface area contributed by atoms with E-state index in [2.05, 4.69) is 15.6 Å². The molecule has 2 rings (SSSR count). The lowest BCUT2D eigenvalue weighted by Crippen LogP contribution is -2.47. The van der Waals surface area contributed by atoms with E-state index >= 15 is 0 Å². The summed E-state index contributed by atoms with van der Waals surface area (Å²) >= 11 is 0. The van der Waals surface area contributed by atoms with E-state index in [1.54, 1.807) is 18.3 Å². The number of hydrogen-bond donors (Lipinski definition) is 3. The number of nitrogens with two attached hydrogens (primary N) is 1. The van der Waals surface area contributed by atoms with Crippen LogP contribution in [0.2, 0.25) is 0 Å². The average molecular weight is 457 g/mol. The predicted molar refractivity (Wildman–Crippen MR) is 122 cm³/mol. The Morgan fingerprint density at radius 1 is 1.13 bits per heavy atom. The zero-order valence-electron chi connectivity index (χ0n) is 17.6. The van der Waals surface area contributed by atoms with Gasteiger partial charge in [-0.1, -0.05) is 26.0 Å². The zero-order valence-corrected chi connectivity index (χ0v) is 19.2. The number of ether oxygens (including phenoxy) is 1. The van der Waals surface area contributed by atoms with Gasteiger partial charge in [-0.3, -0.25) is 9.59 Å². The molecule has 9 heteroatoms. The molecule has 0 spiro atoms. The zero-order chi connectivity index (χ0) is 20.7.